The van der Waals surface area contributed by atoms with Crippen LogP contribution in [0.4, 0.5) is 5.69 Å². The van der Waals surface area contributed by atoms with Gasteiger partial charge in [0.1, 0.15) is 0 Å². The second-order valence-electron chi connectivity index (χ2n) is 6.06. The molecule has 0 radical (unpaired) electrons. The number of carbonyl (C=O) groups excluding carboxylic acids is 2. The number of amides is 2. The minimum absolute atomic E-state index is 0.0181. The lowest BCUT2D eigenvalue weighted by Gasteiger charge is -2.13. The number of nitrogens with one attached hydrogen (secondary N) is 2. The smallest absolute Gasteiger partial charge is 0.258 e. The van der Waals surface area contributed by atoms with Crippen molar-refractivity contribution in [2.24, 2.45) is 5.73 Å². The third-order valence-corrected chi connectivity index (χ3v) is 3.58. The SMILES string of the molecule is COc1ccc(NC(=O)CCC(C)N)cc1OCC(=O)NC1CC1. The molecule has 1 fully saturated rings. The number of benzene rings is 1. The minimum Gasteiger partial charge on any atom is -0.493 e. The topological polar surface area (TPSA) is 103 Å². The van der Waals surface area contributed by atoms with Crippen LogP contribution in [-0.2, 0) is 9.59 Å². The highest BCUT2D eigenvalue weighted by molar-refractivity contribution is 5.91. The number of ether oxygens (including phenoxy) is 2. The Bertz CT molecular complexity index is 585. The molecular weight excluding hydrogens is 310 g/mol. The fraction of sp³-hybridized carbons (Fsp3) is 0.529. The van der Waals surface area contributed by atoms with Gasteiger partial charge in [0.05, 0.1) is 7.11 Å². The maximum Gasteiger partial charge on any atom is 0.258 e. The number of hydrogen-bond donors (Lipinski definition) is 3. The molecule has 2 rings (SSSR count). The molecule has 1 aliphatic carbocycles. The third kappa shape index (κ3) is 6.08. The van der Waals surface area contributed by atoms with Crippen molar-refractivity contribution in [3.63, 3.8) is 0 Å². The van der Waals surface area contributed by atoms with Crippen LogP contribution in [0.2, 0.25) is 0 Å². The molecule has 1 unspecified atom stereocenters. The molecule has 1 atom stereocenters. The number of carbonyl (C=O) groups is 2. The second kappa shape index (κ2) is 8.54. The summed E-state index contributed by atoms with van der Waals surface area (Å²) >= 11 is 0. The van der Waals surface area contributed by atoms with Crippen LogP contribution in [-0.4, -0.2) is 37.6 Å². The summed E-state index contributed by atoms with van der Waals surface area (Å²) in [5.41, 5.74) is 6.23. The quantitative estimate of drug-likeness (QED) is 0.633. The Morgan fingerprint density at radius 1 is 1.29 bits per heavy atom. The van der Waals surface area contributed by atoms with E-state index in [4.69, 9.17) is 15.2 Å². The molecule has 0 aliphatic heterocycles. The summed E-state index contributed by atoms with van der Waals surface area (Å²) in [5.74, 6) is 0.636. The highest BCUT2D eigenvalue weighted by Crippen LogP contribution is 2.30. The van der Waals surface area contributed by atoms with Gasteiger partial charge in [0.25, 0.3) is 5.91 Å². The molecule has 2 amide bonds. The highest BCUT2D eigenvalue weighted by atomic mass is 16.5. The van der Waals surface area contributed by atoms with Crippen LogP contribution in [0.5, 0.6) is 11.5 Å². The molecule has 0 aromatic heterocycles. The fourth-order valence-corrected chi connectivity index (χ4v) is 2.09. The van der Waals surface area contributed by atoms with Crippen molar-refractivity contribution in [2.75, 3.05) is 19.0 Å². The molecule has 1 aliphatic rings. The predicted molar refractivity (Wildman–Crippen MR) is 91.2 cm³/mol. The molecule has 4 N–H and O–H groups in total. The largest absolute Gasteiger partial charge is 0.493 e. The van der Waals surface area contributed by atoms with Gasteiger partial charge in [-0.25, -0.2) is 0 Å². The first-order chi connectivity index (χ1) is 11.5. The van der Waals surface area contributed by atoms with Gasteiger partial charge in [-0.05, 0) is 38.3 Å². The normalized spacial score (nSPS) is 14.6. The van der Waals surface area contributed by atoms with Crippen molar-refractivity contribution in [1.29, 1.82) is 0 Å². The van der Waals surface area contributed by atoms with E-state index < -0.39 is 0 Å². The van der Waals surface area contributed by atoms with E-state index in [0.717, 1.165) is 12.8 Å². The van der Waals surface area contributed by atoms with E-state index in [1.807, 2.05) is 6.92 Å². The Morgan fingerprint density at radius 2 is 2.04 bits per heavy atom. The van der Waals surface area contributed by atoms with E-state index in [1.54, 1.807) is 18.2 Å². The van der Waals surface area contributed by atoms with Gasteiger partial charge in [0.15, 0.2) is 18.1 Å². The Labute approximate surface area is 141 Å². The molecule has 7 heteroatoms. The van der Waals surface area contributed by atoms with E-state index in [2.05, 4.69) is 10.6 Å². The zero-order valence-corrected chi connectivity index (χ0v) is 14.1. The average molecular weight is 335 g/mol. The van der Waals surface area contributed by atoms with Crippen LogP contribution < -0.4 is 25.8 Å². The van der Waals surface area contributed by atoms with Crippen LogP contribution in [0.15, 0.2) is 18.2 Å². The molecule has 0 spiro atoms. The number of nitrogens with two attached hydrogens (primary N) is 1. The predicted octanol–water partition coefficient (Wildman–Crippen LogP) is 1.42. The monoisotopic (exact) mass is 335 g/mol. The average Bonchev–Trinajstić information content (AvgIpc) is 3.35. The second-order valence-corrected chi connectivity index (χ2v) is 6.06. The number of anilines is 1. The molecule has 132 valence electrons. The lowest BCUT2D eigenvalue weighted by molar-refractivity contribution is -0.123. The first-order valence-electron chi connectivity index (χ1n) is 8.13. The molecular formula is C17H25N3O4. The molecule has 0 saturated heterocycles. The van der Waals surface area contributed by atoms with Gasteiger partial charge in [-0.3, -0.25) is 9.59 Å². The Balaban J connectivity index is 1.92. The van der Waals surface area contributed by atoms with Crippen molar-refractivity contribution in [2.45, 2.75) is 44.7 Å². The van der Waals surface area contributed by atoms with Crippen molar-refractivity contribution in [3.05, 3.63) is 18.2 Å². The van der Waals surface area contributed by atoms with Crippen molar-refractivity contribution in [1.82, 2.24) is 5.32 Å². The van der Waals surface area contributed by atoms with Crippen molar-refractivity contribution < 1.29 is 19.1 Å². The van der Waals surface area contributed by atoms with E-state index in [-0.39, 0.29) is 24.5 Å². The van der Waals surface area contributed by atoms with Gasteiger partial charge in [0, 0.05) is 30.3 Å². The molecule has 0 bridgehead atoms. The highest BCUT2D eigenvalue weighted by Gasteiger charge is 2.23. The molecule has 1 aromatic carbocycles. The van der Waals surface area contributed by atoms with Gasteiger partial charge >= 0.3 is 0 Å². The number of methoxy groups -OCH3 is 1. The van der Waals surface area contributed by atoms with E-state index in [1.165, 1.54) is 7.11 Å². The van der Waals surface area contributed by atoms with E-state index in [9.17, 15) is 9.59 Å². The molecule has 1 saturated carbocycles. The molecule has 1 aromatic rings. The third-order valence-electron chi connectivity index (χ3n) is 3.58. The van der Waals surface area contributed by atoms with Crippen molar-refractivity contribution in [3.8, 4) is 11.5 Å². The summed E-state index contributed by atoms with van der Waals surface area (Å²) in [7, 11) is 1.52. The summed E-state index contributed by atoms with van der Waals surface area (Å²) in [6, 6.07) is 5.33. The summed E-state index contributed by atoms with van der Waals surface area (Å²) < 4.78 is 10.8. The maximum absolute atomic E-state index is 11.9. The molecule has 24 heavy (non-hydrogen) atoms. The number of rotatable bonds is 9. The Morgan fingerprint density at radius 3 is 2.67 bits per heavy atom. The molecule has 0 heterocycles. The van der Waals surface area contributed by atoms with Gasteiger partial charge in [-0.1, -0.05) is 0 Å². The Kier molecular flexibility index (Phi) is 6.43. The summed E-state index contributed by atoms with van der Waals surface area (Å²) in [6.45, 7) is 1.77. The van der Waals surface area contributed by atoms with Crippen LogP contribution in [0, 0.1) is 0 Å². The Hall–Kier alpha value is -2.28. The first kappa shape index (κ1) is 18.1. The lowest BCUT2D eigenvalue weighted by Crippen LogP contribution is -2.30. The van der Waals surface area contributed by atoms with Gasteiger partial charge in [-0.15, -0.1) is 0 Å². The van der Waals surface area contributed by atoms with Crippen LogP contribution in [0.25, 0.3) is 0 Å². The summed E-state index contributed by atoms with van der Waals surface area (Å²) in [4.78, 5) is 23.6. The lowest BCUT2D eigenvalue weighted by atomic mass is 10.2. The van der Waals surface area contributed by atoms with Gasteiger partial charge in [0.2, 0.25) is 5.91 Å². The zero-order valence-electron chi connectivity index (χ0n) is 14.1. The standard InChI is InChI=1S/C17H25N3O4/c1-11(18)3-8-16(21)20-13-6-7-14(23-2)15(9-13)24-10-17(22)19-12-4-5-12/h6-7,9,11-12H,3-5,8,10,18H2,1-2H3,(H,19,22)(H,20,21). The summed E-state index contributed by atoms with van der Waals surface area (Å²) in [6.07, 6.45) is 3.02. The van der Waals surface area contributed by atoms with Crippen molar-refractivity contribution >= 4 is 17.5 Å². The van der Waals surface area contributed by atoms with Crippen LogP contribution in [0.1, 0.15) is 32.6 Å². The zero-order chi connectivity index (χ0) is 17.5. The minimum atomic E-state index is -0.161. The van der Waals surface area contributed by atoms with Crippen LogP contribution >= 0.6 is 0 Å². The summed E-state index contributed by atoms with van der Waals surface area (Å²) in [5, 5.41) is 5.64. The molecule has 7 nitrogen and oxygen atoms in total. The van der Waals surface area contributed by atoms with E-state index >= 15 is 0 Å². The van der Waals surface area contributed by atoms with Gasteiger partial charge in [-0.2, -0.15) is 0 Å². The fourth-order valence-electron chi connectivity index (χ4n) is 2.09. The first-order valence-corrected chi connectivity index (χ1v) is 8.13. The number of hydrogen-bond acceptors (Lipinski definition) is 5. The van der Waals surface area contributed by atoms with E-state index in [0.29, 0.717) is 36.1 Å². The van der Waals surface area contributed by atoms with Gasteiger partial charge < -0.3 is 25.8 Å². The maximum atomic E-state index is 11.9. The van der Waals surface area contributed by atoms with Crippen LogP contribution in [0.3, 0.4) is 0 Å².